The number of carbonyl (C=O) groups excluding carboxylic acids is 2. The molecule has 0 aliphatic rings. The summed E-state index contributed by atoms with van der Waals surface area (Å²) in [5.41, 5.74) is 1.73. The lowest BCUT2D eigenvalue weighted by Gasteiger charge is -2.16. The van der Waals surface area contributed by atoms with Gasteiger partial charge in [-0.2, -0.15) is 0 Å². The third-order valence-corrected chi connectivity index (χ3v) is 4.49. The quantitative estimate of drug-likeness (QED) is 0.570. The number of ether oxygens (including phenoxy) is 1. The van der Waals surface area contributed by atoms with Crippen molar-refractivity contribution in [2.45, 2.75) is 38.3 Å². The Bertz CT molecular complexity index is 821. The standard InChI is InChI=1S/C22H26N2O5/c1-15(17-6-4-3-5-7-17)23-20(25)12-13-21(26)24-19(22(27)28)14-16-8-10-18(29-2)11-9-16/h3-11,15,19H,12-14H2,1-2H3,(H,23,25)(H,24,26)(H,27,28)/t15-,19-/m1/s1. The van der Waals surface area contributed by atoms with E-state index in [1.54, 1.807) is 31.4 Å². The van der Waals surface area contributed by atoms with Crippen molar-refractivity contribution in [3.8, 4) is 5.75 Å². The molecule has 0 saturated heterocycles. The van der Waals surface area contributed by atoms with Crippen molar-refractivity contribution < 1.29 is 24.2 Å². The van der Waals surface area contributed by atoms with Crippen molar-refractivity contribution >= 4 is 17.8 Å². The first kappa shape index (κ1) is 21.9. The maximum Gasteiger partial charge on any atom is 0.326 e. The molecule has 0 radical (unpaired) electrons. The van der Waals surface area contributed by atoms with Crippen LogP contribution in [0.3, 0.4) is 0 Å². The lowest BCUT2D eigenvalue weighted by atomic mass is 10.1. The second-order valence-electron chi connectivity index (χ2n) is 6.71. The molecule has 2 atom stereocenters. The highest BCUT2D eigenvalue weighted by Gasteiger charge is 2.21. The summed E-state index contributed by atoms with van der Waals surface area (Å²) in [5, 5.41) is 14.7. The van der Waals surface area contributed by atoms with Gasteiger partial charge in [0.1, 0.15) is 11.8 Å². The Kier molecular flexibility index (Phi) is 8.21. The molecule has 0 aliphatic heterocycles. The maximum atomic E-state index is 12.1. The summed E-state index contributed by atoms with van der Waals surface area (Å²) in [6.45, 7) is 1.86. The zero-order chi connectivity index (χ0) is 21.2. The van der Waals surface area contributed by atoms with E-state index in [9.17, 15) is 19.5 Å². The number of carbonyl (C=O) groups is 3. The van der Waals surface area contributed by atoms with Crippen molar-refractivity contribution in [3.63, 3.8) is 0 Å². The molecule has 7 nitrogen and oxygen atoms in total. The van der Waals surface area contributed by atoms with E-state index in [1.165, 1.54) is 0 Å². The predicted octanol–water partition coefficient (Wildman–Crippen LogP) is 2.46. The van der Waals surface area contributed by atoms with Crippen molar-refractivity contribution in [1.29, 1.82) is 0 Å². The van der Waals surface area contributed by atoms with Crippen LogP contribution >= 0.6 is 0 Å². The monoisotopic (exact) mass is 398 g/mol. The average molecular weight is 398 g/mol. The number of carboxylic acid groups (broad SMARTS) is 1. The number of carboxylic acids is 1. The van der Waals surface area contributed by atoms with Gasteiger partial charge >= 0.3 is 5.97 Å². The van der Waals surface area contributed by atoms with E-state index in [2.05, 4.69) is 10.6 Å². The molecule has 0 bridgehead atoms. The van der Waals surface area contributed by atoms with Crippen LogP contribution in [0.1, 0.15) is 36.9 Å². The summed E-state index contributed by atoms with van der Waals surface area (Å²) >= 11 is 0. The van der Waals surface area contributed by atoms with Crippen LogP contribution in [0.2, 0.25) is 0 Å². The minimum absolute atomic E-state index is 0.0160. The van der Waals surface area contributed by atoms with Gasteiger partial charge in [-0.25, -0.2) is 4.79 Å². The fraction of sp³-hybridized carbons (Fsp3) is 0.318. The van der Waals surface area contributed by atoms with Crippen LogP contribution in [0.5, 0.6) is 5.75 Å². The minimum atomic E-state index is -1.13. The molecule has 154 valence electrons. The van der Waals surface area contributed by atoms with E-state index in [1.807, 2.05) is 37.3 Å². The number of rotatable bonds is 10. The molecule has 0 heterocycles. The lowest BCUT2D eigenvalue weighted by Crippen LogP contribution is -2.42. The Labute approximate surface area is 170 Å². The second-order valence-corrected chi connectivity index (χ2v) is 6.71. The summed E-state index contributed by atoms with van der Waals surface area (Å²) in [7, 11) is 1.55. The summed E-state index contributed by atoms with van der Waals surface area (Å²) in [4.78, 5) is 35.7. The third-order valence-electron chi connectivity index (χ3n) is 4.49. The van der Waals surface area contributed by atoms with Crippen molar-refractivity contribution in [2.24, 2.45) is 0 Å². The van der Waals surface area contributed by atoms with Gasteiger partial charge in [0, 0.05) is 19.3 Å². The highest BCUT2D eigenvalue weighted by molar-refractivity contribution is 5.87. The molecular formula is C22H26N2O5. The predicted molar refractivity (Wildman–Crippen MR) is 108 cm³/mol. The maximum absolute atomic E-state index is 12.1. The molecule has 3 N–H and O–H groups in total. The van der Waals surface area contributed by atoms with Gasteiger partial charge in [-0.15, -0.1) is 0 Å². The van der Waals surface area contributed by atoms with E-state index in [0.29, 0.717) is 5.75 Å². The third kappa shape index (κ3) is 7.29. The molecule has 2 rings (SSSR count). The number of hydrogen-bond donors (Lipinski definition) is 3. The van der Waals surface area contributed by atoms with Crippen LogP contribution in [0.4, 0.5) is 0 Å². The minimum Gasteiger partial charge on any atom is -0.497 e. The van der Waals surface area contributed by atoms with Gasteiger partial charge in [-0.3, -0.25) is 9.59 Å². The van der Waals surface area contributed by atoms with Gasteiger partial charge in [0.2, 0.25) is 11.8 Å². The largest absolute Gasteiger partial charge is 0.497 e. The van der Waals surface area contributed by atoms with Crippen LogP contribution < -0.4 is 15.4 Å². The van der Waals surface area contributed by atoms with Crippen LogP contribution in [0, 0.1) is 0 Å². The van der Waals surface area contributed by atoms with E-state index < -0.39 is 17.9 Å². The van der Waals surface area contributed by atoms with Crippen LogP contribution in [0.25, 0.3) is 0 Å². The Morgan fingerprint density at radius 3 is 2.07 bits per heavy atom. The molecule has 0 fully saturated rings. The number of amides is 2. The first-order valence-corrected chi connectivity index (χ1v) is 9.38. The first-order chi connectivity index (χ1) is 13.9. The van der Waals surface area contributed by atoms with Crippen molar-refractivity contribution in [2.75, 3.05) is 7.11 Å². The Hall–Kier alpha value is -3.35. The number of methoxy groups -OCH3 is 1. The lowest BCUT2D eigenvalue weighted by molar-refractivity contribution is -0.141. The molecule has 0 spiro atoms. The molecule has 7 heteroatoms. The zero-order valence-electron chi connectivity index (χ0n) is 16.6. The van der Waals surface area contributed by atoms with Crippen LogP contribution in [-0.4, -0.2) is 36.0 Å². The first-order valence-electron chi connectivity index (χ1n) is 9.38. The molecular weight excluding hydrogens is 372 g/mol. The average Bonchev–Trinajstić information content (AvgIpc) is 2.72. The number of nitrogens with one attached hydrogen (secondary N) is 2. The Morgan fingerprint density at radius 1 is 0.931 bits per heavy atom. The Balaban J connectivity index is 1.81. The van der Waals surface area contributed by atoms with Gasteiger partial charge in [-0.1, -0.05) is 42.5 Å². The number of benzene rings is 2. The molecule has 2 aromatic rings. The summed E-state index contributed by atoms with van der Waals surface area (Å²) < 4.78 is 5.07. The second kappa shape index (κ2) is 10.8. The highest BCUT2D eigenvalue weighted by Crippen LogP contribution is 2.13. The number of aliphatic carboxylic acids is 1. The molecule has 29 heavy (non-hydrogen) atoms. The molecule has 2 aromatic carbocycles. The van der Waals surface area contributed by atoms with Crippen LogP contribution in [0.15, 0.2) is 54.6 Å². The summed E-state index contributed by atoms with van der Waals surface area (Å²) in [6, 6.07) is 15.2. The smallest absolute Gasteiger partial charge is 0.326 e. The zero-order valence-corrected chi connectivity index (χ0v) is 16.6. The van der Waals surface area contributed by atoms with E-state index in [4.69, 9.17) is 4.74 Å². The van der Waals surface area contributed by atoms with Gasteiger partial charge < -0.3 is 20.5 Å². The van der Waals surface area contributed by atoms with Crippen molar-refractivity contribution in [3.05, 3.63) is 65.7 Å². The SMILES string of the molecule is COc1ccc(C[C@@H](NC(=O)CCC(=O)N[C@H](C)c2ccccc2)C(=O)O)cc1. The highest BCUT2D eigenvalue weighted by atomic mass is 16.5. The topological polar surface area (TPSA) is 105 Å². The van der Waals surface area contributed by atoms with Crippen LogP contribution in [-0.2, 0) is 20.8 Å². The van der Waals surface area contributed by atoms with Gasteiger partial charge in [0.15, 0.2) is 0 Å². The molecule has 0 saturated carbocycles. The summed E-state index contributed by atoms with van der Waals surface area (Å²) in [6.07, 6.45) is 0.0416. The molecule has 0 unspecified atom stereocenters. The molecule has 0 aliphatic carbocycles. The van der Waals surface area contributed by atoms with Gasteiger partial charge in [-0.05, 0) is 30.2 Å². The van der Waals surface area contributed by atoms with E-state index in [0.717, 1.165) is 11.1 Å². The van der Waals surface area contributed by atoms with Gasteiger partial charge in [0.25, 0.3) is 0 Å². The van der Waals surface area contributed by atoms with E-state index in [-0.39, 0.29) is 31.2 Å². The van der Waals surface area contributed by atoms with Gasteiger partial charge in [0.05, 0.1) is 13.2 Å². The normalized spacial score (nSPS) is 12.5. The van der Waals surface area contributed by atoms with Crippen molar-refractivity contribution in [1.82, 2.24) is 10.6 Å². The fourth-order valence-corrected chi connectivity index (χ4v) is 2.83. The fourth-order valence-electron chi connectivity index (χ4n) is 2.83. The van der Waals surface area contributed by atoms with E-state index >= 15 is 0 Å². The summed E-state index contributed by atoms with van der Waals surface area (Å²) in [5.74, 6) is -1.20. The molecule has 0 aromatic heterocycles. The number of hydrogen-bond acceptors (Lipinski definition) is 4. The molecule has 2 amide bonds. The Morgan fingerprint density at radius 2 is 1.52 bits per heavy atom.